The Bertz CT molecular complexity index is 1120. The molecule has 2 aromatic rings. The number of aromatic hydroxyl groups is 1. The lowest BCUT2D eigenvalue weighted by Gasteiger charge is -2.31. The van der Waals surface area contributed by atoms with Gasteiger partial charge in [-0.25, -0.2) is 4.98 Å². The molecule has 13 nitrogen and oxygen atoms in total. The van der Waals surface area contributed by atoms with Crippen molar-refractivity contribution in [2.45, 2.75) is 44.8 Å². The van der Waals surface area contributed by atoms with E-state index in [1.807, 2.05) is 0 Å². The molecule has 1 aliphatic rings. The smallest absolute Gasteiger partial charge is 0.478 e. The van der Waals surface area contributed by atoms with Crippen LogP contribution in [0, 0.1) is 0 Å². The standard InChI is InChI=1S/C18H22BN5O8S/c1-9(25)4-11-2-3-15(19(29)32-11)22-17(28)16(12-8-33-18(20)21-12)23-31-7-10-5-13(26)14(27)6-24(10)30/h5-6,8,11,15,27,29-30H,2-4,7H2,1H3,(H2,20,21)(H,22,28)/b23-16+/t11?,15-/m0/s1. The van der Waals surface area contributed by atoms with Crippen molar-refractivity contribution in [3.05, 3.63) is 39.3 Å². The first-order valence-corrected chi connectivity index (χ1v) is 10.7. The van der Waals surface area contributed by atoms with Crippen molar-refractivity contribution >= 4 is 41.0 Å². The third-order valence-corrected chi connectivity index (χ3v) is 5.42. The SMILES string of the molecule is CC(=O)CC1CC[C@H](NC(=O)/C(=N/OCc2cc(=O)c(O)cn2O)c2csc(N)n2)B(O)O1. The molecule has 1 saturated heterocycles. The first kappa shape index (κ1) is 24.2. The molecule has 6 N–H and O–H groups in total. The quantitative estimate of drug-likeness (QED) is 0.141. The van der Waals surface area contributed by atoms with Crippen molar-refractivity contribution < 1.29 is 34.4 Å². The van der Waals surface area contributed by atoms with E-state index >= 15 is 0 Å². The van der Waals surface area contributed by atoms with E-state index in [1.165, 1.54) is 12.3 Å². The van der Waals surface area contributed by atoms with Crippen molar-refractivity contribution in [3.63, 3.8) is 0 Å². The fraction of sp³-hybridized carbons (Fsp3) is 0.389. The maximum Gasteiger partial charge on any atom is 0.478 e. The van der Waals surface area contributed by atoms with Gasteiger partial charge in [-0.1, -0.05) is 5.16 Å². The van der Waals surface area contributed by atoms with E-state index < -0.39 is 42.9 Å². The minimum atomic E-state index is -1.32. The van der Waals surface area contributed by atoms with E-state index in [0.29, 0.717) is 17.6 Å². The number of amides is 1. The minimum Gasteiger partial charge on any atom is -0.503 e. The Balaban J connectivity index is 1.72. The molecule has 1 fully saturated rings. The normalized spacial score (nSPS) is 18.7. The van der Waals surface area contributed by atoms with Gasteiger partial charge in [-0.05, 0) is 19.8 Å². The molecule has 1 amide bonds. The fourth-order valence-electron chi connectivity index (χ4n) is 3.14. The summed E-state index contributed by atoms with van der Waals surface area (Å²) in [5.74, 6) is -2.21. The number of aromatic nitrogens is 2. The first-order chi connectivity index (χ1) is 15.6. The van der Waals surface area contributed by atoms with Gasteiger partial charge in [-0.15, -0.1) is 11.3 Å². The van der Waals surface area contributed by atoms with Crippen LogP contribution in [0.1, 0.15) is 37.6 Å². The van der Waals surface area contributed by atoms with Crippen LogP contribution in [0.4, 0.5) is 5.13 Å². The van der Waals surface area contributed by atoms with Crippen molar-refractivity contribution in [3.8, 4) is 5.75 Å². The lowest BCUT2D eigenvalue weighted by atomic mass is 9.72. The number of Topliss-reactive ketones (excluding diaryl/α,β-unsaturated/α-hetero) is 1. The summed E-state index contributed by atoms with van der Waals surface area (Å²) in [5, 5.41) is 37.3. The largest absolute Gasteiger partial charge is 0.503 e. The van der Waals surface area contributed by atoms with E-state index in [4.69, 9.17) is 15.2 Å². The molecule has 0 aliphatic carbocycles. The summed E-state index contributed by atoms with van der Waals surface area (Å²) in [6, 6.07) is 0.943. The summed E-state index contributed by atoms with van der Waals surface area (Å²) in [7, 11) is -1.32. The number of anilines is 1. The van der Waals surface area contributed by atoms with Crippen LogP contribution in [0.25, 0.3) is 0 Å². The molecular formula is C18H22BN5O8S. The van der Waals surface area contributed by atoms with Gasteiger partial charge in [0.1, 0.15) is 17.2 Å². The van der Waals surface area contributed by atoms with Gasteiger partial charge in [0.2, 0.25) is 5.43 Å². The molecule has 0 saturated carbocycles. The van der Waals surface area contributed by atoms with E-state index in [9.17, 15) is 29.7 Å². The predicted molar refractivity (Wildman–Crippen MR) is 117 cm³/mol. The Labute approximate surface area is 191 Å². The van der Waals surface area contributed by atoms with Gasteiger partial charge in [0.15, 0.2) is 23.2 Å². The van der Waals surface area contributed by atoms with Crippen LogP contribution in [-0.2, 0) is 25.7 Å². The zero-order chi connectivity index (χ0) is 24.1. The first-order valence-electron chi connectivity index (χ1n) is 9.83. The number of rotatable bonds is 8. The molecule has 2 atom stereocenters. The van der Waals surface area contributed by atoms with Crippen molar-refractivity contribution in [1.29, 1.82) is 0 Å². The summed E-state index contributed by atoms with van der Waals surface area (Å²) in [5.41, 5.74) is 4.73. The Kier molecular flexibility index (Phi) is 7.68. The van der Waals surface area contributed by atoms with Crippen LogP contribution in [0.2, 0.25) is 0 Å². The fourth-order valence-corrected chi connectivity index (χ4v) is 3.69. The topological polar surface area (TPSA) is 199 Å². The third-order valence-electron chi connectivity index (χ3n) is 4.74. The zero-order valence-electron chi connectivity index (χ0n) is 17.5. The van der Waals surface area contributed by atoms with Crippen LogP contribution in [0.3, 0.4) is 0 Å². The summed E-state index contributed by atoms with van der Waals surface area (Å²) >= 11 is 1.07. The molecule has 1 aliphatic heterocycles. The average molecular weight is 479 g/mol. The molecule has 1 unspecified atom stereocenters. The minimum absolute atomic E-state index is 0.0354. The monoisotopic (exact) mass is 479 g/mol. The number of nitrogens with zero attached hydrogens (tertiary/aromatic N) is 3. The van der Waals surface area contributed by atoms with Crippen molar-refractivity contribution in [2.75, 3.05) is 5.73 Å². The number of nitrogen functional groups attached to an aromatic ring is 1. The number of hydrogen-bond donors (Lipinski definition) is 5. The molecule has 3 rings (SSSR count). The molecule has 0 bridgehead atoms. The molecule has 176 valence electrons. The summed E-state index contributed by atoms with van der Waals surface area (Å²) in [4.78, 5) is 44.8. The molecule has 0 spiro atoms. The highest BCUT2D eigenvalue weighted by Gasteiger charge is 2.37. The lowest BCUT2D eigenvalue weighted by Crippen LogP contribution is -2.54. The van der Waals surface area contributed by atoms with Crippen LogP contribution in [0.15, 0.2) is 27.6 Å². The van der Waals surface area contributed by atoms with Gasteiger partial charge in [-0.2, -0.15) is 4.73 Å². The zero-order valence-corrected chi connectivity index (χ0v) is 18.3. The highest BCUT2D eigenvalue weighted by molar-refractivity contribution is 7.13. The lowest BCUT2D eigenvalue weighted by molar-refractivity contribution is -0.119. The highest BCUT2D eigenvalue weighted by Crippen LogP contribution is 2.19. The van der Waals surface area contributed by atoms with E-state index in [0.717, 1.165) is 23.6 Å². The van der Waals surface area contributed by atoms with Gasteiger partial charge >= 0.3 is 7.12 Å². The van der Waals surface area contributed by atoms with Gasteiger partial charge in [-0.3, -0.25) is 14.4 Å². The number of ketones is 1. The number of nitrogens with two attached hydrogens (primary N) is 1. The van der Waals surface area contributed by atoms with Gasteiger partial charge in [0.05, 0.1) is 12.1 Å². The number of pyridine rings is 1. The number of nitrogens with one attached hydrogen (secondary N) is 1. The molecule has 2 aromatic heterocycles. The van der Waals surface area contributed by atoms with Gasteiger partial charge in [0.25, 0.3) is 5.91 Å². The van der Waals surface area contributed by atoms with Crippen LogP contribution >= 0.6 is 11.3 Å². The second-order valence-corrected chi connectivity index (χ2v) is 8.24. The van der Waals surface area contributed by atoms with Crippen LogP contribution < -0.4 is 16.5 Å². The second-order valence-electron chi connectivity index (χ2n) is 7.36. The van der Waals surface area contributed by atoms with Gasteiger partial charge in [0, 0.05) is 24.0 Å². The Morgan fingerprint density at radius 3 is 2.88 bits per heavy atom. The number of carbonyl (C=O) groups excluding carboxylic acids is 2. The molecule has 3 heterocycles. The third kappa shape index (κ3) is 6.30. The Morgan fingerprint density at radius 1 is 1.48 bits per heavy atom. The number of oxime groups is 1. The highest BCUT2D eigenvalue weighted by atomic mass is 32.1. The predicted octanol–water partition coefficient (Wildman–Crippen LogP) is -0.587. The molecular weight excluding hydrogens is 457 g/mol. The van der Waals surface area contributed by atoms with Crippen molar-refractivity contribution in [1.82, 2.24) is 15.0 Å². The summed E-state index contributed by atoms with van der Waals surface area (Å²) in [6.07, 6.45) is 1.36. The number of thiazole rings is 1. The Hall–Kier alpha value is -3.43. The van der Waals surface area contributed by atoms with Gasteiger partial charge < -0.3 is 35.9 Å². The molecule has 0 radical (unpaired) electrons. The van der Waals surface area contributed by atoms with Crippen molar-refractivity contribution in [2.24, 2.45) is 5.16 Å². The van der Waals surface area contributed by atoms with Crippen LogP contribution in [-0.4, -0.2) is 61.6 Å². The average Bonchev–Trinajstić information content (AvgIpc) is 3.16. The summed E-state index contributed by atoms with van der Waals surface area (Å²) < 4.78 is 5.89. The van der Waals surface area contributed by atoms with Crippen LogP contribution in [0.5, 0.6) is 5.75 Å². The maximum absolute atomic E-state index is 12.9. The molecule has 33 heavy (non-hydrogen) atoms. The molecule has 0 aromatic carbocycles. The maximum atomic E-state index is 12.9. The van der Waals surface area contributed by atoms with E-state index in [1.54, 1.807) is 0 Å². The summed E-state index contributed by atoms with van der Waals surface area (Å²) in [6.45, 7) is 1.02. The second kappa shape index (κ2) is 10.5. The van der Waals surface area contributed by atoms with E-state index in [-0.39, 0.29) is 34.4 Å². The van der Waals surface area contributed by atoms with E-state index in [2.05, 4.69) is 15.5 Å². The Morgan fingerprint density at radius 2 is 2.24 bits per heavy atom. The number of carbonyl (C=O) groups is 2. The molecule has 15 heteroatoms. The number of hydrogen-bond acceptors (Lipinski definition) is 12.